The Labute approximate surface area is 177 Å². The van der Waals surface area contributed by atoms with Gasteiger partial charge in [-0.2, -0.15) is 0 Å². The van der Waals surface area contributed by atoms with E-state index in [1.54, 1.807) is 6.92 Å². The van der Waals surface area contributed by atoms with Gasteiger partial charge in [-0.1, -0.05) is 39.3 Å². The third-order valence-electron chi connectivity index (χ3n) is 7.38. The van der Waals surface area contributed by atoms with Crippen molar-refractivity contribution in [3.05, 3.63) is 21.1 Å². The fraction of sp³-hybridized carbons (Fsp3) is 0.696. The van der Waals surface area contributed by atoms with Gasteiger partial charge in [0.25, 0.3) is 0 Å². The monoisotopic (exact) mass is 422 g/mol. The van der Waals surface area contributed by atoms with Crippen LogP contribution < -0.4 is 0 Å². The quantitative estimate of drug-likeness (QED) is 0.557. The third kappa shape index (κ3) is 3.56. The average Bonchev–Trinajstić information content (AvgIpc) is 3.08. The Hall–Kier alpha value is -0.870. The molecule has 4 unspecified atom stereocenters. The van der Waals surface area contributed by atoms with Gasteiger partial charge in [-0.05, 0) is 60.2 Å². The smallest absolute Gasteiger partial charge is 0.160 e. The number of carbonyl (C=O) groups is 3. The van der Waals surface area contributed by atoms with E-state index in [9.17, 15) is 14.4 Å². The van der Waals surface area contributed by atoms with Crippen LogP contribution in [0.3, 0.4) is 0 Å². The molecule has 3 nitrogen and oxygen atoms in total. The Bertz CT molecular complexity index is 814. The van der Waals surface area contributed by atoms with Crippen LogP contribution in [0, 0.1) is 34.5 Å². The zero-order valence-electron chi connectivity index (χ0n) is 17.9. The second kappa shape index (κ2) is 7.12. The van der Waals surface area contributed by atoms with E-state index < -0.39 is 0 Å². The summed E-state index contributed by atoms with van der Waals surface area (Å²) in [5, 5.41) is 0.707. The molecule has 5 heteroatoms. The van der Waals surface area contributed by atoms with E-state index in [1.165, 1.54) is 11.8 Å². The van der Waals surface area contributed by atoms with Gasteiger partial charge < -0.3 is 0 Å². The van der Waals surface area contributed by atoms with E-state index in [-0.39, 0.29) is 11.6 Å². The van der Waals surface area contributed by atoms with Crippen LogP contribution in [0.25, 0.3) is 0 Å². The number of halogens is 1. The predicted molar refractivity (Wildman–Crippen MR) is 115 cm³/mol. The molecule has 4 aliphatic carbocycles. The first-order valence-electron chi connectivity index (χ1n) is 10.1. The van der Waals surface area contributed by atoms with E-state index in [0.717, 1.165) is 22.5 Å². The van der Waals surface area contributed by atoms with Gasteiger partial charge in [-0.3, -0.25) is 14.4 Å². The highest BCUT2D eigenvalue weighted by atomic mass is 35.5. The predicted octanol–water partition coefficient (Wildman–Crippen LogP) is 5.57. The Balaban J connectivity index is 0.000000167. The summed E-state index contributed by atoms with van der Waals surface area (Å²) < 4.78 is 0. The van der Waals surface area contributed by atoms with Crippen molar-refractivity contribution in [2.75, 3.05) is 5.75 Å². The first-order chi connectivity index (χ1) is 12.8. The van der Waals surface area contributed by atoms with Crippen molar-refractivity contribution in [2.45, 2.75) is 61.3 Å². The first-order valence-corrected chi connectivity index (χ1v) is 11.4. The Morgan fingerprint density at radius 3 is 1.71 bits per heavy atom. The van der Waals surface area contributed by atoms with E-state index in [0.29, 0.717) is 57.5 Å². The van der Waals surface area contributed by atoms with Crippen molar-refractivity contribution in [1.29, 1.82) is 0 Å². The van der Waals surface area contributed by atoms with Gasteiger partial charge in [0.05, 0.1) is 5.75 Å². The molecule has 4 rings (SSSR count). The zero-order valence-corrected chi connectivity index (χ0v) is 19.5. The van der Waals surface area contributed by atoms with Crippen LogP contribution in [0.4, 0.5) is 0 Å². The maximum absolute atomic E-state index is 11.8. The van der Waals surface area contributed by atoms with E-state index in [2.05, 4.69) is 27.7 Å². The number of hydrogen-bond donors (Lipinski definition) is 0. The summed E-state index contributed by atoms with van der Waals surface area (Å²) in [7, 11) is 0. The summed E-state index contributed by atoms with van der Waals surface area (Å²) in [5.74, 6) is 3.29. The van der Waals surface area contributed by atoms with Gasteiger partial charge in [0.15, 0.2) is 11.6 Å². The number of carbonyl (C=O) groups excluding carboxylic acids is 3. The molecule has 4 atom stereocenters. The zero-order chi connectivity index (χ0) is 21.2. The second-order valence-electron chi connectivity index (χ2n) is 9.97. The SMILES string of the molecule is C/C(Cl)=C1\C(=O)CC2C1C2(C)C.CC(=O)CSC(C)=C1C(=O)CC2C1C2(C)C. The molecule has 0 aromatic rings. The minimum atomic E-state index is 0.169. The number of Topliss-reactive ketones (excluding diaryl/α,β-unsaturated/α-hetero) is 3. The molecule has 28 heavy (non-hydrogen) atoms. The number of ketones is 3. The number of thioether (sulfide) groups is 1. The molecule has 0 N–H and O–H groups in total. The average molecular weight is 423 g/mol. The van der Waals surface area contributed by atoms with Crippen LogP contribution in [-0.2, 0) is 14.4 Å². The standard InChI is InChI=1S/C13H18O2S.C10H13ClO/c1-7(14)6-16-8(2)11-10(15)5-9-12(11)13(9,3)4;1-5(11)8-7(12)4-6-9(8)10(6,2)3/h9,12H,5-6H2,1-4H3;6,9H,4H2,1-3H3/b;8-5-. The summed E-state index contributed by atoms with van der Waals surface area (Å²) >= 11 is 7.41. The maximum Gasteiger partial charge on any atom is 0.160 e. The van der Waals surface area contributed by atoms with Crippen LogP contribution in [0.5, 0.6) is 0 Å². The minimum Gasteiger partial charge on any atom is -0.299 e. The summed E-state index contributed by atoms with van der Waals surface area (Å²) in [6.07, 6.45) is 1.43. The van der Waals surface area contributed by atoms with E-state index in [1.807, 2.05) is 13.8 Å². The van der Waals surface area contributed by atoms with Crippen molar-refractivity contribution in [1.82, 2.24) is 0 Å². The van der Waals surface area contributed by atoms with E-state index >= 15 is 0 Å². The summed E-state index contributed by atoms with van der Waals surface area (Å²) in [4.78, 5) is 35.2. The fourth-order valence-electron chi connectivity index (χ4n) is 5.47. The molecule has 0 radical (unpaired) electrons. The highest BCUT2D eigenvalue weighted by molar-refractivity contribution is 8.03. The molecule has 0 bridgehead atoms. The Morgan fingerprint density at radius 2 is 1.36 bits per heavy atom. The molecule has 0 spiro atoms. The number of rotatable bonds is 3. The Kier molecular flexibility index (Phi) is 5.55. The topological polar surface area (TPSA) is 51.2 Å². The molecule has 4 aliphatic rings. The molecule has 0 aliphatic heterocycles. The van der Waals surface area contributed by atoms with Crippen molar-refractivity contribution in [2.24, 2.45) is 34.5 Å². The van der Waals surface area contributed by atoms with Gasteiger partial charge in [0.1, 0.15) is 5.78 Å². The summed E-state index contributed by atoms with van der Waals surface area (Å²) in [5.41, 5.74) is 2.56. The fourth-order valence-corrected chi connectivity index (χ4v) is 6.51. The van der Waals surface area contributed by atoms with Crippen molar-refractivity contribution >= 4 is 40.7 Å². The van der Waals surface area contributed by atoms with Crippen LogP contribution >= 0.6 is 23.4 Å². The summed E-state index contributed by atoms with van der Waals surface area (Å²) in [6, 6.07) is 0. The highest BCUT2D eigenvalue weighted by Crippen LogP contribution is 2.69. The van der Waals surface area contributed by atoms with Crippen molar-refractivity contribution in [3.63, 3.8) is 0 Å². The first kappa shape index (κ1) is 21.8. The highest BCUT2D eigenvalue weighted by Gasteiger charge is 2.66. The molecule has 154 valence electrons. The maximum atomic E-state index is 11.8. The van der Waals surface area contributed by atoms with Crippen LogP contribution in [0.1, 0.15) is 61.3 Å². The number of hydrogen-bond acceptors (Lipinski definition) is 4. The molecular weight excluding hydrogens is 392 g/mol. The second-order valence-corrected chi connectivity index (χ2v) is 11.7. The largest absolute Gasteiger partial charge is 0.299 e. The van der Waals surface area contributed by atoms with Crippen LogP contribution in [0.2, 0.25) is 0 Å². The molecule has 4 fully saturated rings. The minimum absolute atomic E-state index is 0.169. The van der Waals surface area contributed by atoms with E-state index in [4.69, 9.17) is 11.6 Å². The van der Waals surface area contributed by atoms with Gasteiger partial charge >= 0.3 is 0 Å². The van der Waals surface area contributed by atoms with Crippen molar-refractivity contribution in [3.8, 4) is 0 Å². The molecule has 4 saturated carbocycles. The lowest BCUT2D eigenvalue weighted by Gasteiger charge is -2.12. The van der Waals surface area contributed by atoms with Gasteiger partial charge in [0, 0.05) is 29.0 Å². The molecule has 0 heterocycles. The Morgan fingerprint density at radius 1 is 0.929 bits per heavy atom. The van der Waals surface area contributed by atoms with Gasteiger partial charge in [-0.15, -0.1) is 11.8 Å². The molecule has 0 aromatic carbocycles. The third-order valence-corrected chi connectivity index (χ3v) is 8.78. The number of allylic oxidation sites excluding steroid dienone is 4. The normalized spacial score (nSPS) is 36.9. The van der Waals surface area contributed by atoms with Crippen molar-refractivity contribution < 1.29 is 14.4 Å². The lowest BCUT2D eigenvalue weighted by molar-refractivity contribution is -0.116. The molecule has 0 saturated heterocycles. The number of fused-ring (bicyclic) bond motifs is 2. The van der Waals surface area contributed by atoms with Crippen LogP contribution in [0.15, 0.2) is 21.1 Å². The summed E-state index contributed by atoms with van der Waals surface area (Å²) in [6.45, 7) is 14.3. The lowest BCUT2D eigenvalue weighted by atomic mass is 9.96. The molecular formula is C23H31ClO3S. The molecule has 0 aromatic heterocycles. The van der Waals surface area contributed by atoms with Gasteiger partial charge in [0.2, 0.25) is 0 Å². The molecule has 0 amide bonds. The van der Waals surface area contributed by atoms with Gasteiger partial charge in [-0.25, -0.2) is 0 Å². The lowest BCUT2D eigenvalue weighted by Crippen LogP contribution is -2.09. The van der Waals surface area contributed by atoms with Crippen LogP contribution in [-0.4, -0.2) is 23.1 Å².